The SMILES string of the molecule is O=C(CCCC=CCC1=CC(O)CC1=O)Oc1ccc(NC(=O)c2ccccc2)c2ccccc12. The molecule has 0 aromatic heterocycles. The zero-order valence-electron chi connectivity index (χ0n) is 19.3. The summed E-state index contributed by atoms with van der Waals surface area (Å²) in [6, 6.07) is 19.9. The van der Waals surface area contributed by atoms with Crippen molar-refractivity contribution < 1.29 is 24.2 Å². The van der Waals surface area contributed by atoms with E-state index in [9.17, 15) is 19.5 Å². The molecule has 0 bridgehead atoms. The van der Waals surface area contributed by atoms with E-state index in [1.54, 1.807) is 30.3 Å². The molecule has 3 aromatic carbocycles. The largest absolute Gasteiger partial charge is 0.426 e. The van der Waals surface area contributed by atoms with Gasteiger partial charge in [0.15, 0.2) is 5.78 Å². The summed E-state index contributed by atoms with van der Waals surface area (Å²) < 4.78 is 5.63. The van der Waals surface area contributed by atoms with Crippen LogP contribution in [0.5, 0.6) is 5.75 Å². The molecule has 4 rings (SSSR count). The third-order valence-electron chi connectivity index (χ3n) is 5.79. The van der Waals surface area contributed by atoms with Crippen LogP contribution in [0.4, 0.5) is 5.69 Å². The molecule has 1 atom stereocenters. The fourth-order valence-electron chi connectivity index (χ4n) is 4.01. The third kappa shape index (κ3) is 6.31. The molecule has 3 aromatic rings. The Labute approximate surface area is 203 Å². The maximum absolute atomic E-state index is 12.6. The summed E-state index contributed by atoms with van der Waals surface area (Å²) in [7, 11) is 0. The Morgan fingerprint density at radius 3 is 2.46 bits per heavy atom. The number of benzene rings is 3. The van der Waals surface area contributed by atoms with E-state index in [2.05, 4.69) is 5.32 Å². The predicted molar refractivity (Wildman–Crippen MR) is 135 cm³/mol. The van der Waals surface area contributed by atoms with E-state index < -0.39 is 6.10 Å². The third-order valence-corrected chi connectivity index (χ3v) is 5.79. The highest BCUT2D eigenvalue weighted by molar-refractivity contribution is 6.10. The molecule has 1 amide bonds. The van der Waals surface area contributed by atoms with Crippen molar-refractivity contribution in [3.8, 4) is 5.75 Å². The van der Waals surface area contributed by atoms with E-state index in [0.717, 1.165) is 10.8 Å². The van der Waals surface area contributed by atoms with Crippen LogP contribution in [0.25, 0.3) is 10.8 Å². The van der Waals surface area contributed by atoms with Gasteiger partial charge in [-0.2, -0.15) is 0 Å². The zero-order chi connectivity index (χ0) is 24.6. The second kappa shape index (κ2) is 11.4. The first-order valence-electron chi connectivity index (χ1n) is 11.7. The van der Waals surface area contributed by atoms with Crippen molar-refractivity contribution in [3.05, 3.63) is 96.1 Å². The summed E-state index contributed by atoms with van der Waals surface area (Å²) in [5.74, 6) is -0.104. The summed E-state index contributed by atoms with van der Waals surface area (Å²) in [5.41, 5.74) is 1.84. The molecule has 6 nitrogen and oxygen atoms in total. The lowest BCUT2D eigenvalue weighted by Gasteiger charge is -2.12. The number of aliphatic hydroxyl groups is 1. The minimum atomic E-state index is -0.661. The Morgan fingerprint density at radius 1 is 0.971 bits per heavy atom. The number of esters is 1. The number of nitrogens with one attached hydrogen (secondary N) is 1. The Bertz CT molecular complexity index is 1290. The first-order valence-corrected chi connectivity index (χ1v) is 11.7. The van der Waals surface area contributed by atoms with Crippen LogP contribution >= 0.6 is 0 Å². The molecule has 0 aliphatic heterocycles. The molecule has 0 radical (unpaired) electrons. The van der Waals surface area contributed by atoms with Crippen molar-refractivity contribution in [2.75, 3.05) is 5.32 Å². The second-order valence-corrected chi connectivity index (χ2v) is 8.41. The molecular weight excluding hydrogens is 442 g/mol. The van der Waals surface area contributed by atoms with E-state index in [1.807, 2.05) is 54.6 Å². The monoisotopic (exact) mass is 469 g/mol. The number of ether oxygens (including phenoxy) is 1. The standard InChI is InChI=1S/C29H27NO5/c31-22-18-21(26(32)19-22)12-4-1-2-7-15-28(33)35-27-17-16-25(23-13-8-9-14-24(23)27)30-29(34)20-10-5-3-6-11-20/h1,3-6,8-11,13-14,16-18,22,31H,2,7,12,15,19H2,(H,30,34). The van der Waals surface area contributed by atoms with E-state index in [4.69, 9.17) is 4.74 Å². The highest BCUT2D eigenvalue weighted by Gasteiger charge is 2.20. The van der Waals surface area contributed by atoms with Gasteiger partial charge in [-0.15, -0.1) is 0 Å². The summed E-state index contributed by atoms with van der Waals surface area (Å²) in [6.45, 7) is 0. The number of unbranched alkanes of at least 4 members (excludes halogenated alkanes) is 1. The van der Waals surface area contributed by atoms with Crippen molar-refractivity contribution in [1.29, 1.82) is 0 Å². The lowest BCUT2D eigenvalue weighted by molar-refractivity contribution is -0.134. The normalized spacial score (nSPS) is 15.4. The number of carbonyl (C=O) groups excluding carboxylic acids is 3. The highest BCUT2D eigenvalue weighted by Crippen LogP contribution is 2.32. The minimum absolute atomic E-state index is 0.0106. The molecule has 0 saturated carbocycles. The van der Waals surface area contributed by atoms with Gasteiger partial charge in [0.2, 0.25) is 0 Å². The molecule has 2 N–H and O–H groups in total. The van der Waals surface area contributed by atoms with Crippen molar-refractivity contribution in [1.82, 2.24) is 0 Å². The van der Waals surface area contributed by atoms with Gasteiger partial charge in [0.05, 0.1) is 6.10 Å². The molecule has 1 aliphatic carbocycles. The van der Waals surface area contributed by atoms with Gasteiger partial charge >= 0.3 is 5.97 Å². The predicted octanol–water partition coefficient (Wildman–Crippen LogP) is 5.37. The van der Waals surface area contributed by atoms with E-state index in [1.165, 1.54) is 0 Å². The number of hydrogen-bond donors (Lipinski definition) is 2. The molecule has 35 heavy (non-hydrogen) atoms. The molecule has 1 unspecified atom stereocenters. The van der Waals surface area contributed by atoms with Crippen molar-refractivity contribution in [3.63, 3.8) is 0 Å². The average molecular weight is 470 g/mol. The van der Waals surface area contributed by atoms with Crippen molar-refractivity contribution in [2.24, 2.45) is 0 Å². The van der Waals surface area contributed by atoms with Crippen LogP contribution in [0.2, 0.25) is 0 Å². The molecule has 0 fully saturated rings. The number of anilines is 1. The molecule has 0 saturated heterocycles. The van der Waals surface area contributed by atoms with Crippen LogP contribution in [0.15, 0.2) is 90.5 Å². The topological polar surface area (TPSA) is 92.7 Å². The molecule has 0 spiro atoms. The number of aliphatic hydroxyl groups excluding tert-OH is 1. The molecular formula is C29H27NO5. The number of Topliss-reactive ketones (excluding diaryl/α,β-unsaturated/α-hetero) is 1. The van der Waals surface area contributed by atoms with Gasteiger partial charge in [0, 0.05) is 34.9 Å². The summed E-state index contributed by atoms with van der Waals surface area (Å²) in [5, 5.41) is 13.9. The lowest BCUT2D eigenvalue weighted by atomic mass is 10.1. The fraction of sp³-hybridized carbons (Fsp3) is 0.207. The zero-order valence-corrected chi connectivity index (χ0v) is 19.3. The highest BCUT2D eigenvalue weighted by atomic mass is 16.5. The number of carbonyl (C=O) groups is 3. The maximum Gasteiger partial charge on any atom is 0.311 e. The fourth-order valence-corrected chi connectivity index (χ4v) is 4.01. The number of allylic oxidation sites excluding steroid dienone is 3. The van der Waals surface area contributed by atoms with Gasteiger partial charge in [0.25, 0.3) is 5.91 Å². The first kappa shape index (κ1) is 24.1. The number of hydrogen-bond acceptors (Lipinski definition) is 5. The Hall–Kier alpha value is -4.03. The van der Waals surface area contributed by atoms with Gasteiger partial charge in [0.1, 0.15) is 5.75 Å². The Balaban J connectivity index is 1.32. The average Bonchev–Trinajstić information content (AvgIpc) is 3.19. The quantitative estimate of drug-likeness (QED) is 0.190. The number of ketones is 1. The molecule has 0 heterocycles. The van der Waals surface area contributed by atoms with E-state index >= 15 is 0 Å². The van der Waals surface area contributed by atoms with Crippen LogP contribution in [-0.4, -0.2) is 28.9 Å². The Kier molecular flexibility index (Phi) is 7.85. The van der Waals surface area contributed by atoms with E-state index in [0.29, 0.717) is 41.8 Å². The van der Waals surface area contributed by atoms with Crippen LogP contribution in [-0.2, 0) is 9.59 Å². The van der Waals surface area contributed by atoms with Crippen LogP contribution < -0.4 is 10.1 Å². The number of amides is 1. The maximum atomic E-state index is 12.6. The second-order valence-electron chi connectivity index (χ2n) is 8.41. The Morgan fingerprint density at radius 2 is 1.71 bits per heavy atom. The van der Waals surface area contributed by atoms with Gasteiger partial charge in [-0.3, -0.25) is 14.4 Å². The van der Waals surface area contributed by atoms with Crippen LogP contribution in [0.3, 0.4) is 0 Å². The van der Waals surface area contributed by atoms with E-state index in [-0.39, 0.29) is 30.5 Å². The van der Waals surface area contributed by atoms with Crippen molar-refractivity contribution in [2.45, 2.75) is 38.2 Å². The van der Waals surface area contributed by atoms with Gasteiger partial charge in [-0.25, -0.2) is 0 Å². The molecule has 6 heteroatoms. The van der Waals surface area contributed by atoms with Gasteiger partial charge < -0.3 is 15.2 Å². The van der Waals surface area contributed by atoms with Crippen LogP contribution in [0, 0.1) is 0 Å². The van der Waals surface area contributed by atoms with Gasteiger partial charge in [-0.05, 0) is 55.2 Å². The minimum Gasteiger partial charge on any atom is -0.426 e. The molecule has 1 aliphatic rings. The van der Waals surface area contributed by atoms with Gasteiger partial charge in [-0.1, -0.05) is 54.6 Å². The molecule has 178 valence electrons. The summed E-state index contributed by atoms with van der Waals surface area (Å²) in [6.07, 6.45) is 7.00. The summed E-state index contributed by atoms with van der Waals surface area (Å²) in [4.78, 5) is 36.7. The number of rotatable bonds is 9. The van der Waals surface area contributed by atoms with Crippen LogP contribution in [0.1, 0.15) is 42.5 Å². The first-order chi connectivity index (χ1) is 17.0. The smallest absolute Gasteiger partial charge is 0.311 e. The summed E-state index contributed by atoms with van der Waals surface area (Å²) >= 11 is 0. The number of fused-ring (bicyclic) bond motifs is 1. The van der Waals surface area contributed by atoms with Crippen molar-refractivity contribution >= 4 is 34.1 Å². The lowest BCUT2D eigenvalue weighted by Crippen LogP contribution is -2.12.